The highest BCUT2D eigenvalue weighted by Gasteiger charge is 2.41. The monoisotopic (exact) mass is 276 g/mol. The number of carbonyl (C=O) groups is 1. The number of carboxylic acid groups (broad SMARTS) is 1. The first-order chi connectivity index (χ1) is 9.43. The lowest BCUT2D eigenvalue weighted by Gasteiger charge is -2.41. The number of piperidine rings is 1. The van der Waals surface area contributed by atoms with Crippen molar-refractivity contribution >= 4 is 11.7 Å². The van der Waals surface area contributed by atoms with Crippen molar-refractivity contribution in [3.63, 3.8) is 0 Å². The molecule has 1 fully saturated rings. The molecular weight excluding hydrogens is 252 g/mol. The fourth-order valence-corrected chi connectivity index (χ4v) is 2.79. The average molecular weight is 276 g/mol. The fraction of sp³-hybridized carbons (Fsp3) is 0.562. The number of likely N-dealkylation sites (tertiary alicyclic amines) is 1. The smallest absolute Gasteiger partial charge is 0.323 e. The van der Waals surface area contributed by atoms with Crippen LogP contribution in [0.4, 0.5) is 5.69 Å². The zero-order valence-corrected chi connectivity index (χ0v) is 12.6. The Morgan fingerprint density at radius 1 is 1.30 bits per heavy atom. The number of nitrogens with zero attached hydrogens (tertiary/aromatic N) is 2. The van der Waals surface area contributed by atoms with Crippen molar-refractivity contribution in [2.24, 2.45) is 0 Å². The Morgan fingerprint density at radius 2 is 1.95 bits per heavy atom. The van der Waals surface area contributed by atoms with E-state index in [1.807, 2.05) is 21.0 Å². The standard InChI is InChI=1S/C16H24N2O2/c1-16(15(19)20)10-4-5-11-18(16)12-13-6-8-14(9-7-13)17(2)3/h6-9H,4-5,10-12H2,1-3H3,(H,19,20). The van der Waals surface area contributed by atoms with Crippen molar-refractivity contribution in [3.8, 4) is 0 Å². The van der Waals surface area contributed by atoms with Gasteiger partial charge in [-0.1, -0.05) is 12.1 Å². The second-order valence-electron chi connectivity index (χ2n) is 6.02. The van der Waals surface area contributed by atoms with E-state index in [9.17, 15) is 9.90 Å². The molecule has 0 radical (unpaired) electrons. The van der Waals surface area contributed by atoms with Crippen LogP contribution in [0.1, 0.15) is 31.7 Å². The van der Waals surface area contributed by atoms with E-state index in [-0.39, 0.29) is 0 Å². The van der Waals surface area contributed by atoms with Gasteiger partial charge in [0.25, 0.3) is 0 Å². The summed E-state index contributed by atoms with van der Waals surface area (Å²) in [6.45, 7) is 3.41. The molecule has 1 aromatic rings. The number of aliphatic carboxylic acids is 1. The molecule has 1 saturated heterocycles. The van der Waals surface area contributed by atoms with Crippen molar-refractivity contribution in [1.82, 2.24) is 4.90 Å². The maximum absolute atomic E-state index is 11.6. The van der Waals surface area contributed by atoms with Crippen LogP contribution >= 0.6 is 0 Å². The maximum atomic E-state index is 11.6. The molecule has 4 heteroatoms. The summed E-state index contributed by atoms with van der Waals surface area (Å²) in [4.78, 5) is 15.7. The summed E-state index contributed by atoms with van der Waals surface area (Å²) < 4.78 is 0. The van der Waals surface area contributed by atoms with Crippen LogP contribution in [0.25, 0.3) is 0 Å². The zero-order valence-electron chi connectivity index (χ0n) is 12.6. The Labute approximate surface area is 121 Å². The molecule has 0 aliphatic carbocycles. The second-order valence-corrected chi connectivity index (χ2v) is 6.02. The number of anilines is 1. The quantitative estimate of drug-likeness (QED) is 0.918. The molecule has 0 amide bonds. The van der Waals surface area contributed by atoms with Gasteiger partial charge >= 0.3 is 5.97 Å². The van der Waals surface area contributed by atoms with Gasteiger partial charge in [0.15, 0.2) is 0 Å². The highest BCUT2D eigenvalue weighted by Crippen LogP contribution is 2.30. The van der Waals surface area contributed by atoms with Crippen LogP contribution in [0.15, 0.2) is 24.3 Å². The topological polar surface area (TPSA) is 43.8 Å². The molecule has 1 N–H and O–H groups in total. The lowest BCUT2D eigenvalue weighted by atomic mass is 9.88. The third-order valence-electron chi connectivity index (χ3n) is 4.33. The van der Waals surface area contributed by atoms with Crippen LogP contribution in [-0.4, -0.2) is 42.2 Å². The number of hydrogen-bond acceptors (Lipinski definition) is 3. The van der Waals surface area contributed by atoms with E-state index in [1.54, 1.807) is 0 Å². The van der Waals surface area contributed by atoms with Crippen molar-refractivity contribution in [1.29, 1.82) is 0 Å². The molecule has 20 heavy (non-hydrogen) atoms. The summed E-state index contributed by atoms with van der Waals surface area (Å²) in [6.07, 6.45) is 2.82. The van der Waals surface area contributed by atoms with Crippen LogP contribution in [0.3, 0.4) is 0 Å². The Balaban J connectivity index is 2.13. The first-order valence-corrected chi connectivity index (χ1v) is 7.18. The minimum Gasteiger partial charge on any atom is -0.480 e. The second kappa shape index (κ2) is 5.83. The summed E-state index contributed by atoms with van der Waals surface area (Å²) in [5.41, 5.74) is 1.61. The largest absolute Gasteiger partial charge is 0.480 e. The van der Waals surface area contributed by atoms with Gasteiger partial charge in [-0.15, -0.1) is 0 Å². The zero-order chi connectivity index (χ0) is 14.8. The molecule has 0 aromatic heterocycles. The molecule has 2 rings (SSSR count). The summed E-state index contributed by atoms with van der Waals surface area (Å²) in [7, 11) is 4.03. The van der Waals surface area contributed by atoms with Gasteiger partial charge in [0.05, 0.1) is 0 Å². The maximum Gasteiger partial charge on any atom is 0.323 e. The van der Waals surface area contributed by atoms with Crippen molar-refractivity contribution in [2.75, 3.05) is 25.5 Å². The molecule has 0 saturated carbocycles. The first-order valence-electron chi connectivity index (χ1n) is 7.18. The molecule has 1 aromatic carbocycles. The van der Waals surface area contributed by atoms with Gasteiger partial charge in [0.2, 0.25) is 0 Å². The van der Waals surface area contributed by atoms with Crippen LogP contribution < -0.4 is 4.90 Å². The van der Waals surface area contributed by atoms with Crippen LogP contribution in [-0.2, 0) is 11.3 Å². The molecule has 0 bridgehead atoms. The Kier molecular flexibility index (Phi) is 4.33. The molecule has 110 valence electrons. The first kappa shape index (κ1) is 14.9. The van der Waals surface area contributed by atoms with Gasteiger partial charge in [-0.05, 0) is 50.4 Å². The molecule has 1 aliphatic heterocycles. The van der Waals surface area contributed by atoms with Crippen LogP contribution in [0.5, 0.6) is 0 Å². The summed E-state index contributed by atoms with van der Waals surface area (Å²) in [6, 6.07) is 8.34. The Morgan fingerprint density at radius 3 is 2.50 bits per heavy atom. The molecule has 1 unspecified atom stereocenters. The van der Waals surface area contributed by atoms with Crippen LogP contribution in [0.2, 0.25) is 0 Å². The third kappa shape index (κ3) is 2.96. The minimum absolute atomic E-state index is 0.705. The number of benzene rings is 1. The summed E-state index contributed by atoms with van der Waals surface area (Å²) >= 11 is 0. The van der Waals surface area contributed by atoms with E-state index < -0.39 is 11.5 Å². The van der Waals surface area contributed by atoms with E-state index in [1.165, 1.54) is 5.56 Å². The fourth-order valence-electron chi connectivity index (χ4n) is 2.79. The average Bonchev–Trinajstić information content (AvgIpc) is 2.42. The molecule has 1 atom stereocenters. The molecule has 1 heterocycles. The van der Waals surface area contributed by atoms with Crippen molar-refractivity contribution in [3.05, 3.63) is 29.8 Å². The van der Waals surface area contributed by atoms with E-state index in [4.69, 9.17) is 0 Å². The van der Waals surface area contributed by atoms with E-state index >= 15 is 0 Å². The molecular formula is C16H24N2O2. The third-order valence-corrected chi connectivity index (χ3v) is 4.33. The lowest BCUT2D eigenvalue weighted by Crippen LogP contribution is -2.54. The van der Waals surface area contributed by atoms with Gasteiger partial charge in [-0.25, -0.2) is 0 Å². The predicted octanol–water partition coefficient (Wildman–Crippen LogP) is 2.58. The van der Waals surface area contributed by atoms with Gasteiger partial charge in [0.1, 0.15) is 5.54 Å². The molecule has 0 spiro atoms. The highest BCUT2D eigenvalue weighted by atomic mass is 16.4. The van der Waals surface area contributed by atoms with Gasteiger partial charge in [0, 0.05) is 26.3 Å². The van der Waals surface area contributed by atoms with E-state index in [2.05, 4.69) is 34.1 Å². The molecule has 4 nitrogen and oxygen atoms in total. The number of hydrogen-bond donors (Lipinski definition) is 1. The predicted molar refractivity (Wildman–Crippen MR) is 81.1 cm³/mol. The van der Waals surface area contributed by atoms with Gasteiger partial charge in [-0.3, -0.25) is 9.69 Å². The van der Waals surface area contributed by atoms with Gasteiger partial charge in [-0.2, -0.15) is 0 Å². The lowest BCUT2D eigenvalue weighted by molar-refractivity contribution is -0.153. The molecule has 1 aliphatic rings. The number of rotatable bonds is 4. The van der Waals surface area contributed by atoms with Gasteiger partial charge < -0.3 is 10.0 Å². The van der Waals surface area contributed by atoms with Crippen molar-refractivity contribution in [2.45, 2.75) is 38.3 Å². The Bertz CT molecular complexity index is 470. The van der Waals surface area contributed by atoms with E-state index in [0.29, 0.717) is 6.54 Å². The van der Waals surface area contributed by atoms with E-state index in [0.717, 1.165) is 31.5 Å². The summed E-state index contributed by atoms with van der Waals surface area (Å²) in [5.74, 6) is -0.706. The Hall–Kier alpha value is -1.55. The number of carboxylic acids is 1. The minimum atomic E-state index is -0.724. The van der Waals surface area contributed by atoms with Crippen molar-refractivity contribution < 1.29 is 9.90 Å². The van der Waals surface area contributed by atoms with Crippen LogP contribution in [0, 0.1) is 0 Å². The normalized spacial score (nSPS) is 23.6. The SMILES string of the molecule is CN(C)c1ccc(CN2CCCCC2(C)C(=O)O)cc1. The summed E-state index contributed by atoms with van der Waals surface area (Å²) in [5, 5.41) is 9.51. The highest BCUT2D eigenvalue weighted by molar-refractivity contribution is 5.78.